The van der Waals surface area contributed by atoms with E-state index in [1.807, 2.05) is 24.3 Å². The summed E-state index contributed by atoms with van der Waals surface area (Å²) in [5.41, 5.74) is 3.60. The summed E-state index contributed by atoms with van der Waals surface area (Å²) in [5.74, 6) is 8.93. The Bertz CT molecular complexity index is 1740. The van der Waals surface area contributed by atoms with Crippen LogP contribution >= 0.6 is 0 Å². The van der Waals surface area contributed by atoms with Crippen LogP contribution in [0.5, 0.6) is 0 Å². The Balaban J connectivity index is 1.28. The highest BCUT2D eigenvalue weighted by Gasteiger charge is 2.36. The standard InChI is InChI=1S/C34H27F3N4O/c35-26-8-11-31(36)29(20-26)33(5-3-1-2-4-23-12-13-39-21-23)41-22-30-28(34(41)42)18-25(19-32(30)37)24-6-9-27(10-7-24)40-16-14-38-15-17-40/h6-13,18-21,33,38-39H,5,14-17,22H2. The molecule has 1 aromatic heterocycles. The zero-order chi connectivity index (χ0) is 29.1. The molecule has 1 fully saturated rings. The third-order valence-electron chi connectivity index (χ3n) is 7.64. The van der Waals surface area contributed by atoms with E-state index in [-0.39, 0.29) is 29.7 Å². The van der Waals surface area contributed by atoms with Crippen LogP contribution in [0.4, 0.5) is 18.9 Å². The number of nitrogens with zero attached hydrogens (tertiary/aromatic N) is 2. The molecule has 0 spiro atoms. The van der Waals surface area contributed by atoms with Crippen molar-refractivity contribution in [3.05, 3.63) is 113 Å². The predicted molar refractivity (Wildman–Crippen MR) is 156 cm³/mol. The summed E-state index contributed by atoms with van der Waals surface area (Å²) in [4.78, 5) is 20.2. The monoisotopic (exact) mass is 564 g/mol. The molecular weight excluding hydrogens is 537 g/mol. The van der Waals surface area contributed by atoms with Crippen molar-refractivity contribution in [1.29, 1.82) is 0 Å². The van der Waals surface area contributed by atoms with E-state index in [0.717, 1.165) is 61.2 Å². The van der Waals surface area contributed by atoms with E-state index in [4.69, 9.17) is 0 Å². The average Bonchev–Trinajstić information content (AvgIpc) is 3.65. The van der Waals surface area contributed by atoms with Gasteiger partial charge >= 0.3 is 0 Å². The normalized spacial score (nSPS) is 15.0. The first kappa shape index (κ1) is 27.3. The number of aromatic nitrogens is 1. The second kappa shape index (κ2) is 11.9. The number of amides is 1. The van der Waals surface area contributed by atoms with Gasteiger partial charge in [0.15, 0.2) is 0 Å². The highest BCUT2D eigenvalue weighted by atomic mass is 19.1. The highest BCUT2D eigenvalue weighted by molar-refractivity contribution is 6.00. The number of fused-ring (bicyclic) bond motifs is 1. The van der Waals surface area contributed by atoms with Crippen molar-refractivity contribution >= 4 is 11.6 Å². The summed E-state index contributed by atoms with van der Waals surface area (Å²) in [6, 6.07) is 14.9. The number of benzene rings is 3. The molecule has 42 heavy (non-hydrogen) atoms. The number of halogens is 3. The summed E-state index contributed by atoms with van der Waals surface area (Å²) >= 11 is 0. The molecule has 3 heterocycles. The predicted octanol–water partition coefficient (Wildman–Crippen LogP) is 5.65. The molecule has 210 valence electrons. The summed E-state index contributed by atoms with van der Waals surface area (Å²) < 4.78 is 44.6. The van der Waals surface area contributed by atoms with Gasteiger partial charge in [0.2, 0.25) is 0 Å². The Kier molecular flexibility index (Phi) is 7.72. The number of hydrogen-bond acceptors (Lipinski definition) is 3. The second-order valence-electron chi connectivity index (χ2n) is 10.2. The minimum Gasteiger partial charge on any atom is -0.369 e. The number of nitrogens with one attached hydrogen (secondary N) is 2. The largest absolute Gasteiger partial charge is 0.369 e. The van der Waals surface area contributed by atoms with E-state index >= 15 is 4.39 Å². The molecule has 0 radical (unpaired) electrons. The molecule has 1 saturated heterocycles. The van der Waals surface area contributed by atoms with Gasteiger partial charge in [0.25, 0.3) is 5.91 Å². The summed E-state index contributed by atoms with van der Waals surface area (Å²) in [6.45, 7) is 3.58. The zero-order valence-corrected chi connectivity index (χ0v) is 22.7. The molecule has 3 aromatic carbocycles. The smallest absolute Gasteiger partial charge is 0.255 e. The van der Waals surface area contributed by atoms with E-state index in [1.54, 1.807) is 24.5 Å². The zero-order valence-electron chi connectivity index (χ0n) is 22.7. The number of H-pyrrole nitrogens is 1. The fourth-order valence-electron chi connectivity index (χ4n) is 5.45. The van der Waals surface area contributed by atoms with Gasteiger partial charge in [0.1, 0.15) is 17.5 Å². The molecular formula is C34H27F3N4O. The number of carbonyl (C=O) groups is 1. The Morgan fingerprint density at radius 2 is 1.69 bits per heavy atom. The lowest BCUT2D eigenvalue weighted by Crippen LogP contribution is -2.43. The van der Waals surface area contributed by atoms with Crippen molar-refractivity contribution in [1.82, 2.24) is 15.2 Å². The van der Waals surface area contributed by atoms with Gasteiger partial charge in [-0.25, -0.2) is 13.2 Å². The van der Waals surface area contributed by atoms with Crippen LogP contribution in [0.25, 0.3) is 11.1 Å². The minimum atomic E-state index is -0.941. The number of aromatic amines is 1. The molecule has 0 aliphatic carbocycles. The quantitative estimate of drug-likeness (QED) is 0.308. The van der Waals surface area contributed by atoms with Crippen molar-refractivity contribution in [3.63, 3.8) is 0 Å². The van der Waals surface area contributed by atoms with Gasteiger partial charge in [-0.15, -0.1) is 0 Å². The third-order valence-corrected chi connectivity index (χ3v) is 7.64. The van der Waals surface area contributed by atoms with E-state index < -0.39 is 29.4 Å². The molecule has 1 unspecified atom stereocenters. The molecule has 5 nitrogen and oxygen atoms in total. The molecule has 8 heteroatoms. The van der Waals surface area contributed by atoms with Crippen LogP contribution in [-0.4, -0.2) is 42.0 Å². The Labute approximate surface area is 242 Å². The van der Waals surface area contributed by atoms with Crippen LogP contribution in [-0.2, 0) is 6.54 Å². The number of rotatable bonds is 5. The van der Waals surface area contributed by atoms with Gasteiger partial charge < -0.3 is 20.1 Å². The first-order chi connectivity index (χ1) is 20.5. The Morgan fingerprint density at radius 3 is 2.45 bits per heavy atom. The Hall–Kier alpha value is -4.92. The average molecular weight is 565 g/mol. The Morgan fingerprint density at radius 1 is 0.881 bits per heavy atom. The molecule has 2 aliphatic rings. The number of hydrogen-bond donors (Lipinski definition) is 2. The minimum absolute atomic E-state index is 0.0100. The van der Waals surface area contributed by atoms with E-state index in [1.165, 1.54) is 11.0 Å². The maximum Gasteiger partial charge on any atom is 0.255 e. The van der Waals surface area contributed by atoms with Crippen LogP contribution in [0.1, 0.15) is 39.5 Å². The van der Waals surface area contributed by atoms with E-state index in [2.05, 4.69) is 38.9 Å². The topological polar surface area (TPSA) is 51.4 Å². The van der Waals surface area contributed by atoms with Crippen molar-refractivity contribution in [2.75, 3.05) is 31.1 Å². The van der Waals surface area contributed by atoms with Crippen molar-refractivity contribution < 1.29 is 18.0 Å². The second-order valence-corrected chi connectivity index (χ2v) is 10.2. The van der Waals surface area contributed by atoms with E-state index in [0.29, 0.717) is 5.56 Å². The van der Waals surface area contributed by atoms with Crippen molar-refractivity contribution in [2.45, 2.75) is 19.0 Å². The van der Waals surface area contributed by atoms with Gasteiger partial charge in [-0.3, -0.25) is 4.79 Å². The number of anilines is 1. The van der Waals surface area contributed by atoms with Crippen LogP contribution < -0.4 is 10.2 Å². The highest BCUT2D eigenvalue weighted by Crippen LogP contribution is 2.38. The van der Waals surface area contributed by atoms with Crippen molar-refractivity contribution in [3.8, 4) is 34.8 Å². The lowest BCUT2D eigenvalue weighted by Gasteiger charge is -2.29. The maximum absolute atomic E-state index is 15.5. The molecule has 6 rings (SSSR count). The third kappa shape index (κ3) is 5.63. The molecule has 1 amide bonds. The summed E-state index contributed by atoms with van der Waals surface area (Å²) in [6.07, 6.45) is 3.46. The van der Waals surface area contributed by atoms with Crippen molar-refractivity contribution in [2.24, 2.45) is 0 Å². The molecule has 0 saturated carbocycles. The number of carbonyl (C=O) groups excluding carboxylic acids is 1. The lowest BCUT2D eigenvalue weighted by molar-refractivity contribution is 0.0700. The van der Waals surface area contributed by atoms with Gasteiger partial charge in [-0.05, 0) is 71.5 Å². The fourth-order valence-corrected chi connectivity index (χ4v) is 5.45. The molecule has 4 aromatic rings. The van der Waals surface area contributed by atoms with Gasteiger partial charge in [0, 0.05) is 72.9 Å². The molecule has 1 atom stereocenters. The van der Waals surface area contributed by atoms with Gasteiger partial charge in [0.05, 0.1) is 12.6 Å². The van der Waals surface area contributed by atoms with E-state index in [9.17, 15) is 13.6 Å². The van der Waals surface area contributed by atoms with Crippen LogP contribution in [0, 0.1) is 41.1 Å². The lowest BCUT2D eigenvalue weighted by atomic mass is 9.99. The summed E-state index contributed by atoms with van der Waals surface area (Å²) in [5, 5.41) is 3.33. The summed E-state index contributed by atoms with van der Waals surface area (Å²) in [7, 11) is 0. The molecule has 2 N–H and O–H groups in total. The number of piperazine rings is 1. The molecule has 0 bridgehead atoms. The fraction of sp³-hybridized carbons (Fsp3) is 0.206. The first-order valence-electron chi connectivity index (χ1n) is 13.7. The maximum atomic E-state index is 15.5. The van der Waals surface area contributed by atoms with Crippen LogP contribution in [0.15, 0.2) is 73.1 Å². The van der Waals surface area contributed by atoms with Crippen LogP contribution in [0.2, 0.25) is 0 Å². The van der Waals surface area contributed by atoms with Gasteiger partial charge in [-0.2, -0.15) is 0 Å². The SMILES string of the molecule is O=C1c2cc(-c3ccc(N4CCNCC4)cc3)cc(F)c2CN1C(CC#CC#Cc1cc[nH]c1)c1cc(F)ccc1F. The van der Waals surface area contributed by atoms with Gasteiger partial charge in [-0.1, -0.05) is 24.0 Å². The first-order valence-corrected chi connectivity index (χ1v) is 13.7. The molecule has 2 aliphatic heterocycles. The van der Waals surface area contributed by atoms with Crippen LogP contribution in [0.3, 0.4) is 0 Å².